The Morgan fingerprint density at radius 1 is 1.19 bits per heavy atom. The van der Waals surface area contributed by atoms with Crippen LogP contribution in [0, 0.1) is 12.7 Å². The summed E-state index contributed by atoms with van der Waals surface area (Å²) in [6.45, 7) is 1.69. The molecule has 0 bridgehead atoms. The van der Waals surface area contributed by atoms with Crippen LogP contribution in [0.2, 0.25) is 0 Å². The third-order valence-electron chi connectivity index (χ3n) is 4.33. The normalized spacial score (nSPS) is 14.4. The number of sulfonamides is 1. The topological polar surface area (TPSA) is 72.2 Å². The highest BCUT2D eigenvalue weighted by atomic mass is 32.2. The van der Waals surface area contributed by atoms with Crippen LogP contribution in [-0.4, -0.2) is 13.4 Å². The fraction of sp³-hybridized carbons (Fsp3) is 0.211. The molecule has 0 radical (unpaired) electrons. The molecule has 0 aliphatic heterocycles. The molecule has 0 unspecified atom stereocenters. The van der Waals surface area contributed by atoms with Gasteiger partial charge in [-0.1, -0.05) is 24.3 Å². The maximum absolute atomic E-state index is 13.8. The Kier molecular flexibility index (Phi) is 4.03. The fourth-order valence-corrected chi connectivity index (χ4v) is 4.07. The van der Waals surface area contributed by atoms with E-state index in [1.807, 2.05) is 0 Å². The SMILES string of the molecule is Cc1ccc(-c2cnc(C3CC3)o2)cc1S(=O)(=O)Nc1ccccc1F. The van der Waals surface area contributed by atoms with E-state index < -0.39 is 15.8 Å². The number of nitrogens with one attached hydrogen (secondary N) is 1. The highest BCUT2D eigenvalue weighted by Gasteiger charge is 2.29. The van der Waals surface area contributed by atoms with E-state index in [4.69, 9.17) is 4.42 Å². The van der Waals surface area contributed by atoms with Crippen LogP contribution >= 0.6 is 0 Å². The molecule has 1 heterocycles. The molecule has 4 rings (SSSR count). The number of aryl methyl sites for hydroxylation is 1. The Morgan fingerprint density at radius 2 is 1.96 bits per heavy atom. The van der Waals surface area contributed by atoms with Crippen LogP contribution in [0.1, 0.15) is 30.2 Å². The predicted molar refractivity (Wildman–Crippen MR) is 95.9 cm³/mol. The zero-order valence-electron chi connectivity index (χ0n) is 14.1. The lowest BCUT2D eigenvalue weighted by molar-refractivity contribution is 0.509. The van der Waals surface area contributed by atoms with Gasteiger partial charge in [0.05, 0.1) is 16.8 Å². The number of hydrogen-bond donors (Lipinski definition) is 1. The first-order valence-corrected chi connectivity index (χ1v) is 9.76. The van der Waals surface area contributed by atoms with E-state index in [2.05, 4.69) is 9.71 Å². The Bertz CT molecular complexity index is 1070. The van der Waals surface area contributed by atoms with E-state index in [1.165, 1.54) is 24.3 Å². The van der Waals surface area contributed by atoms with Gasteiger partial charge in [-0.2, -0.15) is 0 Å². The zero-order valence-corrected chi connectivity index (χ0v) is 14.9. The van der Waals surface area contributed by atoms with Crippen LogP contribution in [-0.2, 0) is 10.0 Å². The molecule has 5 nitrogen and oxygen atoms in total. The molecule has 7 heteroatoms. The number of aromatic nitrogens is 1. The summed E-state index contributed by atoms with van der Waals surface area (Å²) in [5.74, 6) is 0.957. The second-order valence-electron chi connectivity index (χ2n) is 6.40. The molecule has 3 aromatic rings. The van der Waals surface area contributed by atoms with Crippen molar-refractivity contribution < 1.29 is 17.2 Å². The average Bonchev–Trinajstić information content (AvgIpc) is 3.34. The summed E-state index contributed by atoms with van der Waals surface area (Å²) in [4.78, 5) is 4.34. The maximum Gasteiger partial charge on any atom is 0.262 e. The van der Waals surface area contributed by atoms with E-state index in [9.17, 15) is 12.8 Å². The predicted octanol–water partition coefficient (Wildman–Crippen LogP) is 4.47. The second kappa shape index (κ2) is 6.25. The molecule has 0 spiro atoms. The number of para-hydroxylation sites is 1. The van der Waals surface area contributed by atoms with Gasteiger partial charge in [0, 0.05) is 11.5 Å². The molecule has 0 amide bonds. The first-order chi connectivity index (χ1) is 12.4. The third-order valence-corrected chi connectivity index (χ3v) is 5.84. The molecular weight excluding hydrogens is 355 g/mol. The van der Waals surface area contributed by atoms with Crippen molar-refractivity contribution >= 4 is 15.7 Å². The highest BCUT2D eigenvalue weighted by Crippen LogP contribution is 2.40. The molecule has 1 aliphatic rings. The van der Waals surface area contributed by atoms with Gasteiger partial charge in [0.2, 0.25) is 0 Å². The Labute approximate surface area is 150 Å². The van der Waals surface area contributed by atoms with Crippen molar-refractivity contribution in [3.8, 4) is 11.3 Å². The van der Waals surface area contributed by atoms with Gasteiger partial charge in [-0.05, 0) is 43.5 Å². The Morgan fingerprint density at radius 3 is 2.69 bits per heavy atom. The van der Waals surface area contributed by atoms with Crippen LogP contribution in [0.5, 0.6) is 0 Å². The second-order valence-corrected chi connectivity index (χ2v) is 8.05. The van der Waals surface area contributed by atoms with Gasteiger partial charge >= 0.3 is 0 Å². The number of nitrogens with zero attached hydrogens (tertiary/aromatic N) is 1. The smallest absolute Gasteiger partial charge is 0.262 e. The molecule has 2 aromatic carbocycles. The van der Waals surface area contributed by atoms with Crippen LogP contribution in [0.4, 0.5) is 10.1 Å². The molecule has 134 valence electrons. The van der Waals surface area contributed by atoms with Crippen LogP contribution in [0.3, 0.4) is 0 Å². The molecule has 1 aliphatic carbocycles. The molecule has 1 saturated carbocycles. The summed E-state index contributed by atoms with van der Waals surface area (Å²) < 4.78 is 47.4. The van der Waals surface area contributed by atoms with Crippen molar-refractivity contribution in [1.82, 2.24) is 4.98 Å². The highest BCUT2D eigenvalue weighted by molar-refractivity contribution is 7.92. The Hall–Kier alpha value is -2.67. The molecule has 26 heavy (non-hydrogen) atoms. The number of hydrogen-bond acceptors (Lipinski definition) is 4. The fourth-order valence-electron chi connectivity index (χ4n) is 2.73. The van der Waals surface area contributed by atoms with Gasteiger partial charge in [-0.25, -0.2) is 17.8 Å². The number of oxazole rings is 1. The van der Waals surface area contributed by atoms with E-state index in [0.29, 0.717) is 28.7 Å². The summed E-state index contributed by atoms with van der Waals surface area (Å²) in [5, 5.41) is 0. The van der Waals surface area contributed by atoms with Crippen molar-refractivity contribution in [1.29, 1.82) is 0 Å². The van der Waals surface area contributed by atoms with Crippen LogP contribution in [0.15, 0.2) is 58.0 Å². The van der Waals surface area contributed by atoms with E-state index in [1.54, 1.807) is 31.3 Å². The van der Waals surface area contributed by atoms with Gasteiger partial charge in [-0.3, -0.25) is 4.72 Å². The summed E-state index contributed by atoms with van der Waals surface area (Å²) >= 11 is 0. The standard InChI is InChI=1S/C19H17FN2O3S/c1-12-6-7-14(17-11-21-19(25-17)13-8-9-13)10-18(12)26(23,24)22-16-5-3-2-4-15(16)20/h2-7,10-11,13,22H,8-9H2,1H3. The Balaban J connectivity index is 1.69. The quantitative estimate of drug-likeness (QED) is 0.717. The number of rotatable bonds is 5. The summed E-state index contributed by atoms with van der Waals surface area (Å²) in [6.07, 6.45) is 3.75. The van der Waals surface area contributed by atoms with Gasteiger partial charge < -0.3 is 4.42 Å². The number of anilines is 1. The lowest BCUT2D eigenvalue weighted by Crippen LogP contribution is -2.15. The van der Waals surface area contributed by atoms with Gasteiger partial charge in [0.15, 0.2) is 11.7 Å². The van der Waals surface area contributed by atoms with Gasteiger partial charge in [0.1, 0.15) is 5.82 Å². The lowest BCUT2D eigenvalue weighted by atomic mass is 10.1. The average molecular weight is 372 g/mol. The van der Waals surface area contributed by atoms with Crippen molar-refractivity contribution in [2.75, 3.05) is 4.72 Å². The number of benzene rings is 2. The van der Waals surface area contributed by atoms with Crippen LogP contribution < -0.4 is 4.72 Å². The van der Waals surface area contributed by atoms with Crippen molar-refractivity contribution in [2.45, 2.75) is 30.6 Å². The molecule has 1 N–H and O–H groups in total. The third kappa shape index (κ3) is 3.22. The molecule has 0 saturated heterocycles. The monoisotopic (exact) mass is 372 g/mol. The largest absolute Gasteiger partial charge is 0.440 e. The molecule has 1 aromatic heterocycles. The first-order valence-electron chi connectivity index (χ1n) is 8.28. The molecular formula is C19H17FN2O3S. The van der Waals surface area contributed by atoms with Crippen LogP contribution in [0.25, 0.3) is 11.3 Å². The lowest BCUT2D eigenvalue weighted by Gasteiger charge is -2.12. The van der Waals surface area contributed by atoms with E-state index >= 15 is 0 Å². The minimum absolute atomic E-state index is 0.0719. The van der Waals surface area contributed by atoms with Crippen molar-refractivity contribution in [3.05, 3.63) is 65.9 Å². The van der Waals surface area contributed by atoms with E-state index in [-0.39, 0.29) is 10.6 Å². The summed E-state index contributed by atoms with van der Waals surface area (Å²) in [7, 11) is -3.95. The van der Waals surface area contributed by atoms with Gasteiger partial charge in [-0.15, -0.1) is 0 Å². The van der Waals surface area contributed by atoms with Crippen molar-refractivity contribution in [3.63, 3.8) is 0 Å². The van der Waals surface area contributed by atoms with E-state index in [0.717, 1.165) is 12.8 Å². The zero-order chi connectivity index (χ0) is 18.3. The maximum atomic E-state index is 13.8. The van der Waals surface area contributed by atoms with Gasteiger partial charge in [0.25, 0.3) is 10.0 Å². The summed E-state index contributed by atoms with van der Waals surface area (Å²) in [6, 6.07) is 10.7. The molecule has 1 fully saturated rings. The first kappa shape index (κ1) is 16.8. The minimum atomic E-state index is -3.95. The minimum Gasteiger partial charge on any atom is -0.440 e. The van der Waals surface area contributed by atoms with Crippen molar-refractivity contribution in [2.24, 2.45) is 0 Å². The molecule has 0 atom stereocenters. The summed E-state index contributed by atoms with van der Waals surface area (Å²) in [5.41, 5.74) is 1.08. The number of halogens is 1.